The van der Waals surface area contributed by atoms with Gasteiger partial charge in [0, 0.05) is 44.3 Å². The van der Waals surface area contributed by atoms with Crippen LogP contribution < -0.4 is 15.5 Å². The number of hydrogen-bond donors (Lipinski definition) is 2. The van der Waals surface area contributed by atoms with Crippen LogP contribution in [-0.4, -0.2) is 60.6 Å². The van der Waals surface area contributed by atoms with Gasteiger partial charge in [-0.3, -0.25) is 4.79 Å². The fourth-order valence-electron chi connectivity index (χ4n) is 3.07. The highest BCUT2D eigenvalue weighted by Gasteiger charge is 2.31. The molecule has 8 heteroatoms. The number of hydrogen-bond acceptors (Lipinski definition) is 5. The first-order valence-electron chi connectivity index (χ1n) is 8.13. The Bertz CT molecular complexity index is 550. The van der Waals surface area contributed by atoms with E-state index in [1.54, 1.807) is 17.5 Å². The average molecular weight is 337 g/mol. The molecule has 2 N–H and O–H groups in total. The second-order valence-electron chi connectivity index (χ2n) is 6.13. The lowest BCUT2D eigenvalue weighted by Gasteiger charge is -2.31. The van der Waals surface area contributed by atoms with E-state index in [4.69, 9.17) is 0 Å². The van der Waals surface area contributed by atoms with Crippen LogP contribution >= 0.6 is 11.3 Å². The summed E-state index contributed by atoms with van der Waals surface area (Å²) in [5, 5.41) is 8.70. The lowest BCUT2D eigenvalue weighted by atomic mass is 9.94. The number of thiazole rings is 1. The number of amides is 3. The van der Waals surface area contributed by atoms with E-state index in [9.17, 15) is 9.59 Å². The lowest BCUT2D eigenvalue weighted by Crippen LogP contribution is -2.57. The smallest absolute Gasteiger partial charge is 0.318 e. The Morgan fingerprint density at radius 2 is 2.26 bits per heavy atom. The van der Waals surface area contributed by atoms with Gasteiger partial charge in [0.2, 0.25) is 5.91 Å². The zero-order valence-corrected chi connectivity index (χ0v) is 14.1. The van der Waals surface area contributed by atoms with Crippen molar-refractivity contribution in [2.75, 3.05) is 37.6 Å². The first-order valence-corrected chi connectivity index (χ1v) is 9.00. The van der Waals surface area contributed by atoms with E-state index in [-0.39, 0.29) is 17.9 Å². The van der Waals surface area contributed by atoms with Gasteiger partial charge in [0.1, 0.15) is 6.04 Å². The number of carbonyl (C=O) groups excluding carboxylic acids is 2. The fraction of sp³-hybridized carbons (Fsp3) is 0.667. The monoisotopic (exact) mass is 337 g/mol. The van der Waals surface area contributed by atoms with Crippen molar-refractivity contribution in [3.63, 3.8) is 0 Å². The molecule has 1 aromatic heterocycles. The number of piperidine rings is 1. The highest BCUT2D eigenvalue weighted by molar-refractivity contribution is 7.13. The summed E-state index contributed by atoms with van der Waals surface area (Å²) >= 11 is 1.62. The molecule has 0 spiro atoms. The number of rotatable bonds is 2. The van der Waals surface area contributed by atoms with E-state index in [0.29, 0.717) is 19.6 Å². The van der Waals surface area contributed by atoms with Gasteiger partial charge in [-0.15, -0.1) is 11.3 Å². The van der Waals surface area contributed by atoms with Gasteiger partial charge in [-0.05, 0) is 18.8 Å². The first kappa shape index (κ1) is 16.0. The minimum atomic E-state index is -0.422. The third-order valence-corrected chi connectivity index (χ3v) is 5.33. The predicted molar refractivity (Wildman–Crippen MR) is 89.6 cm³/mol. The van der Waals surface area contributed by atoms with Gasteiger partial charge in [0.25, 0.3) is 0 Å². The molecule has 23 heavy (non-hydrogen) atoms. The van der Waals surface area contributed by atoms with Crippen LogP contribution in [0.25, 0.3) is 0 Å². The van der Waals surface area contributed by atoms with E-state index in [1.165, 1.54) is 0 Å². The topological polar surface area (TPSA) is 77.6 Å². The van der Waals surface area contributed by atoms with Gasteiger partial charge in [-0.2, -0.15) is 0 Å². The molecule has 0 unspecified atom stereocenters. The molecule has 126 valence electrons. The summed E-state index contributed by atoms with van der Waals surface area (Å²) in [6.45, 7) is 5.73. The summed E-state index contributed by atoms with van der Waals surface area (Å²) in [6.07, 6.45) is 3.60. The molecule has 0 aromatic carbocycles. The SMILES string of the molecule is C[C@H]1CCNC(=O)[C@H]1NC(=O)N1CCCN(c2nccs2)CC1. The molecule has 0 aliphatic carbocycles. The van der Waals surface area contributed by atoms with Gasteiger partial charge >= 0.3 is 6.03 Å². The molecule has 0 saturated carbocycles. The van der Waals surface area contributed by atoms with Crippen molar-refractivity contribution in [3.8, 4) is 0 Å². The highest BCUT2D eigenvalue weighted by atomic mass is 32.1. The zero-order chi connectivity index (χ0) is 16.2. The molecule has 7 nitrogen and oxygen atoms in total. The third-order valence-electron chi connectivity index (χ3n) is 4.50. The minimum Gasteiger partial charge on any atom is -0.354 e. The molecule has 0 radical (unpaired) electrons. The van der Waals surface area contributed by atoms with Gasteiger partial charge < -0.3 is 20.4 Å². The molecule has 1 aromatic rings. The molecular weight excluding hydrogens is 314 g/mol. The summed E-state index contributed by atoms with van der Waals surface area (Å²) in [4.78, 5) is 32.8. The molecule has 3 rings (SSSR count). The standard InChI is InChI=1S/C15H23N5O2S/c1-11-3-4-16-13(21)12(11)18-14(22)19-6-2-7-20(9-8-19)15-17-5-10-23-15/h5,10-12H,2-4,6-9H2,1H3,(H,16,21)(H,18,22)/t11-,12-/m0/s1. The highest BCUT2D eigenvalue weighted by Crippen LogP contribution is 2.19. The number of carbonyl (C=O) groups is 2. The third kappa shape index (κ3) is 3.74. The summed E-state index contributed by atoms with van der Waals surface area (Å²) in [5.74, 6) is 0.0998. The van der Waals surface area contributed by atoms with Crippen molar-refractivity contribution in [2.45, 2.75) is 25.8 Å². The van der Waals surface area contributed by atoms with Crippen molar-refractivity contribution in [3.05, 3.63) is 11.6 Å². The molecule has 2 atom stereocenters. The molecular formula is C15H23N5O2S. The Balaban J connectivity index is 1.56. The predicted octanol–water partition coefficient (Wildman–Crippen LogP) is 0.889. The molecule has 3 heterocycles. The van der Waals surface area contributed by atoms with Crippen LogP contribution in [0.15, 0.2) is 11.6 Å². The van der Waals surface area contributed by atoms with Crippen LogP contribution in [0.5, 0.6) is 0 Å². The van der Waals surface area contributed by atoms with Crippen molar-refractivity contribution in [2.24, 2.45) is 5.92 Å². The van der Waals surface area contributed by atoms with E-state index in [2.05, 4.69) is 20.5 Å². The number of nitrogens with one attached hydrogen (secondary N) is 2. The second kappa shape index (κ2) is 7.16. The van der Waals surface area contributed by atoms with Gasteiger partial charge in [-0.25, -0.2) is 9.78 Å². The van der Waals surface area contributed by atoms with Gasteiger partial charge in [0.05, 0.1) is 0 Å². The van der Waals surface area contributed by atoms with Crippen LogP contribution in [-0.2, 0) is 4.79 Å². The number of aromatic nitrogens is 1. The maximum Gasteiger partial charge on any atom is 0.318 e. The van der Waals surface area contributed by atoms with Crippen molar-refractivity contribution in [1.82, 2.24) is 20.5 Å². The van der Waals surface area contributed by atoms with Crippen molar-refractivity contribution < 1.29 is 9.59 Å². The maximum atomic E-state index is 12.5. The van der Waals surface area contributed by atoms with E-state index >= 15 is 0 Å². The average Bonchev–Trinajstić information content (AvgIpc) is 2.95. The van der Waals surface area contributed by atoms with Crippen LogP contribution in [0.3, 0.4) is 0 Å². The van der Waals surface area contributed by atoms with E-state index < -0.39 is 6.04 Å². The minimum absolute atomic E-state index is 0.0728. The lowest BCUT2D eigenvalue weighted by molar-refractivity contribution is -0.125. The molecule has 2 fully saturated rings. The van der Waals surface area contributed by atoms with Gasteiger partial charge in [-0.1, -0.05) is 6.92 Å². The van der Waals surface area contributed by atoms with E-state index in [0.717, 1.165) is 31.1 Å². The molecule has 0 bridgehead atoms. The fourth-order valence-corrected chi connectivity index (χ4v) is 3.77. The van der Waals surface area contributed by atoms with Crippen LogP contribution in [0.2, 0.25) is 0 Å². The Morgan fingerprint density at radius 3 is 3.00 bits per heavy atom. The molecule has 2 aliphatic heterocycles. The summed E-state index contributed by atoms with van der Waals surface area (Å²) in [5.41, 5.74) is 0. The van der Waals surface area contributed by atoms with Gasteiger partial charge in [0.15, 0.2) is 5.13 Å². The quantitative estimate of drug-likeness (QED) is 0.840. The number of anilines is 1. The molecule has 3 amide bonds. The summed E-state index contributed by atoms with van der Waals surface area (Å²) in [6, 6.07) is -0.561. The molecule has 2 saturated heterocycles. The summed E-state index contributed by atoms with van der Waals surface area (Å²) in [7, 11) is 0. The Morgan fingerprint density at radius 1 is 1.39 bits per heavy atom. The normalized spacial score (nSPS) is 25.7. The Hall–Kier alpha value is -1.83. The van der Waals surface area contributed by atoms with Crippen molar-refractivity contribution in [1.29, 1.82) is 0 Å². The Kier molecular flexibility index (Phi) is 5.00. The zero-order valence-electron chi connectivity index (χ0n) is 13.3. The van der Waals surface area contributed by atoms with E-state index in [1.807, 2.05) is 17.2 Å². The maximum absolute atomic E-state index is 12.5. The van der Waals surface area contributed by atoms with Crippen LogP contribution in [0.1, 0.15) is 19.8 Å². The first-order chi connectivity index (χ1) is 11.1. The summed E-state index contributed by atoms with van der Waals surface area (Å²) < 4.78 is 0. The number of nitrogens with zero attached hydrogens (tertiary/aromatic N) is 3. The van der Waals surface area contributed by atoms with Crippen LogP contribution in [0, 0.1) is 5.92 Å². The largest absolute Gasteiger partial charge is 0.354 e. The number of urea groups is 1. The van der Waals surface area contributed by atoms with Crippen LogP contribution in [0.4, 0.5) is 9.93 Å². The van der Waals surface area contributed by atoms with Crippen molar-refractivity contribution >= 4 is 28.4 Å². The second-order valence-corrected chi connectivity index (χ2v) is 7.00. The molecule has 2 aliphatic rings. The Labute approximate surface area is 140 Å².